The molecular weight excluding hydrogens is 316 g/mol. The number of halogens is 1. The van der Waals surface area contributed by atoms with Crippen LogP contribution in [-0.4, -0.2) is 20.3 Å². The largest absolute Gasteiger partial charge is 0.495 e. The number of urea groups is 1. The molecule has 0 saturated carbocycles. The van der Waals surface area contributed by atoms with Crippen LogP contribution >= 0.6 is 11.6 Å². The zero-order valence-corrected chi connectivity index (χ0v) is 14.0. The van der Waals surface area contributed by atoms with Gasteiger partial charge in [0, 0.05) is 18.7 Å². The number of ether oxygens (including phenoxy) is 2. The molecule has 0 bridgehead atoms. The predicted octanol–water partition coefficient (Wildman–Crippen LogP) is 3.99. The van der Waals surface area contributed by atoms with Gasteiger partial charge in [0.05, 0.1) is 24.9 Å². The SMILES string of the molecule is COc1cc(NC(=O)NCc2cccc(C)c2)c(OC)cc1Cl. The molecule has 0 spiro atoms. The normalized spacial score (nSPS) is 10.1. The lowest BCUT2D eigenvalue weighted by Gasteiger charge is -2.14. The van der Waals surface area contributed by atoms with Crippen molar-refractivity contribution in [3.05, 3.63) is 52.5 Å². The van der Waals surface area contributed by atoms with Crippen LogP contribution in [0, 0.1) is 6.92 Å². The topological polar surface area (TPSA) is 59.6 Å². The molecule has 122 valence electrons. The van der Waals surface area contributed by atoms with Crippen molar-refractivity contribution in [2.24, 2.45) is 0 Å². The number of hydrogen-bond donors (Lipinski definition) is 2. The Morgan fingerprint density at radius 2 is 1.87 bits per heavy atom. The Morgan fingerprint density at radius 3 is 2.52 bits per heavy atom. The fourth-order valence-electron chi connectivity index (χ4n) is 2.13. The Kier molecular flexibility index (Phi) is 5.71. The first-order valence-electron chi connectivity index (χ1n) is 7.05. The first kappa shape index (κ1) is 17.0. The van der Waals surface area contributed by atoms with Crippen molar-refractivity contribution in [2.45, 2.75) is 13.5 Å². The lowest BCUT2D eigenvalue weighted by Crippen LogP contribution is -2.28. The number of carbonyl (C=O) groups excluding carboxylic acids is 1. The molecule has 6 heteroatoms. The summed E-state index contributed by atoms with van der Waals surface area (Å²) in [5.41, 5.74) is 2.66. The number of anilines is 1. The van der Waals surface area contributed by atoms with E-state index in [1.165, 1.54) is 14.2 Å². The number of hydrogen-bond acceptors (Lipinski definition) is 3. The summed E-state index contributed by atoms with van der Waals surface area (Å²) < 4.78 is 10.4. The van der Waals surface area contributed by atoms with Crippen LogP contribution in [0.5, 0.6) is 11.5 Å². The zero-order chi connectivity index (χ0) is 16.8. The van der Waals surface area contributed by atoms with E-state index in [-0.39, 0.29) is 6.03 Å². The van der Waals surface area contributed by atoms with Crippen LogP contribution in [0.4, 0.5) is 10.5 Å². The molecule has 0 aliphatic rings. The van der Waals surface area contributed by atoms with Crippen LogP contribution in [-0.2, 0) is 6.54 Å². The minimum atomic E-state index is -0.339. The van der Waals surface area contributed by atoms with Gasteiger partial charge in [0.15, 0.2) is 0 Å². The second kappa shape index (κ2) is 7.74. The van der Waals surface area contributed by atoms with E-state index in [1.54, 1.807) is 12.1 Å². The van der Waals surface area contributed by atoms with Gasteiger partial charge in [0.1, 0.15) is 11.5 Å². The summed E-state index contributed by atoms with van der Waals surface area (Å²) in [6.07, 6.45) is 0. The van der Waals surface area contributed by atoms with Gasteiger partial charge in [-0.25, -0.2) is 4.79 Å². The predicted molar refractivity (Wildman–Crippen MR) is 91.6 cm³/mol. The standard InChI is InChI=1S/C17H19ClN2O3/c1-11-5-4-6-12(7-11)10-19-17(21)20-14-9-15(22-2)13(18)8-16(14)23-3/h4-9H,10H2,1-3H3,(H2,19,20,21). The maximum absolute atomic E-state index is 12.1. The van der Waals surface area contributed by atoms with E-state index < -0.39 is 0 Å². The zero-order valence-electron chi connectivity index (χ0n) is 13.3. The molecule has 0 unspecified atom stereocenters. The van der Waals surface area contributed by atoms with Crippen LogP contribution in [0.15, 0.2) is 36.4 Å². The molecule has 0 aliphatic carbocycles. The quantitative estimate of drug-likeness (QED) is 0.869. The summed E-state index contributed by atoms with van der Waals surface area (Å²) in [6.45, 7) is 2.44. The number of rotatable bonds is 5. The number of aryl methyl sites for hydroxylation is 1. The molecule has 2 N–H and O–H groups in total. The van der Waals surface area contributed by atoms with Crippen molar-refractivity contribution in [1.82, 2.24) is 5.32 Å². The van der Waals surface area contributed by atoms with E-state index in [2.05, 4.69) is 10.6 Å². The minimum absolute atomic E-state index is 0.339. The monoisotopic (exact) mass is 334 g/mol. The van der Waals surface area contributed by atoms with E-state index in [0.29, 0.717) is 28.8 Å². The molecule has 0 fully saturated rings. The first-order chi connectivity index (χ1) is 11.0. The second-order valence-corrected chi connectivity index (χ2v) is 5.39. The Bertz CT molecular complexity index is 704. The summed E-state index contributed by atoms with van der Waals surface area (Å²) in [6, 6.07) is 10.8. The summed E-state index contributed by atoms with van der Waals surface area (Å²) in [4.78, 5) is 12.1. The molecule has 0 aromatic heterocycles. The number of benzene rings is 2. The summed E-state index contributed by atoms with van der Waals surface area (Å²) in [7, 11) is 3.02. The molecule has 0 aliphatic heterocycles. The lowest BCUT2D eigenvalue weighted by molar-refractivity contribution is 0.251. The Balaban J connectivity index is 2.05. The van der Waals surface area contributed by atoms with Crippen LogP contribution in [0.2, 0.25) is 5.02 Å². The van der Waals surface area contributed by atoms with Crippen LogP contribution in [0.3, 0.4) is 0 Å². The molecule has 5 nitrogen and oxygen atoms in total. The summed E-state index contributed by atoms with van der Waals surface area (Å²) in [5, 5.41) is 5.95. The maximum atomic E-state index is 12.1. The second-order valence-electron chi connectivity index (χ2n) is 4.98. The average Bonchev–Trinajstić information content (AvgIpc) is 2.54. The van der Waals surface area contributed by atoms with Gasteiger partial charge < -0.3 is 20.1 Å². The Morgan fingerprint density at radius 1 is 1.13 bits per heavy atom. The molecule has 2 amide bonds. The third-order valence-corrected chi connectivity index (χ3v) is 3.55. The van der Waals surface area contributed by atoms with Crippen LogP contribution in [0.25, 0.3) is 0 Å². The van der Waals surface area contributed by atoms with Gasteiger partial charge in [-0.15, -0.1) is 0 Å². The highest BCUT2D eigenvalue weighted by Crippen LogP contribution is 2.35. The van der Waals surface area contributed by atoms with Crippen molar-refractivity contribution >= 4 is 23.3 Å². The molecule has 2 rings (SSSR count). The molecule has 2 aromatic carbocycles. The van der Waals surface area contributed by atoms with Crippen molar-refractivity contribution < 1.29 is 14.3 Å². The minimum Gasteiger partial charge on any atom is -0.495 e. The summed E-state index contributed by atoms with van der Waals surface area (Å²) in [5.74, 6) is 0.919. The molecular formula is C17H19ClN2O3. The first-order valence-corrected chi connectivity index (χ1v) is 7.43. The molecule has 23 heavy (non-hydrogen) atoms. The smallest absolute Gasteiger partial charge is 0.319 e. The van der Waals surface area contributed by atoms with Gasteiger partial charge in [0.25, 0.3) is 0 Å². The highest BCUT2D eigenvalue weighted by Gasteiger charge is 2.12. The fourth-order valence-corrected chi connectivity index (χ4v) is 2.36. The molecule has 2 aromatic rings. The van der Waals surface area contributed by atoms with Gasteiger partial charge in [-0.1, -0.05) is 41.4 Å². The molecule has 0 radical (unpaired) electrons. The highest BCUT2D eigenvalue weighted by molar-refractivity contribution is 6.32. The number of methoxy groups -OCH3 is 2. The number of amides is 2. The van der Waals surface area contributed by atoms with Crippen LogP contribution in [0.1, 0.15) is 11.1 Å². The van der Waals surface area contributed by atoms with Crippen LogP contribution < -0.4 is 20.1 Å². The van der Waals surface area contributed by atoms with Gasteiger partial charge in [-0.05, 0) is 12.5 Å². The lowest BCUT2D eigenvalue weighted by atomic mass is 10.1. The van der Waals surface area contributed by atoms with E-state index >= 15 is 0 Å². The van der Waals surface area contributed by atoms with Crippen molar-refractivity contribution in [1.29, 1.82) is 0 Å². The van der Waals surface area contributed by atoms with Gasteiger partial charge >= 0.3 is 6.03 Å². The number of carbonyl (C=O) groups is 1. The summed E-state index contributed by atoms with van der Waals surface area (Å²) >= 11 is 6.04. The highest BCUT2D eigenvalue weighted by atomic mass is 35.5. The Hall–Kier alpha value is -2.40. The molecule has 0 heterocycles. The van der Waals surface area contributed by atoms with Crippen molar-refractivity contribution in [2.75, 3.05) is 19.5 Å². The van der Waals surface area contributed by atoms with Crippen molar-refractivity contribution in [3.8, 4) is 11.5 Å². The van der Waals surface area contributed by atoms with Crippen molar-refractivity contribution in [3.63, 3.8) is 0 Å². The average molecular weight is 335 g/mol. The van der Waals surface area contributed by atoms with E-state index in [4.69, 9.17) is 21.1 Å². The number of nitrogens with one attached hydrogen (secondary N) is 2. The van der Waals surface area contributed by atoms with E-state index in [0.717, 1.165) is 11.1 Å². The molecule has 0 atom stereocenters. The fraction of sp³-hybridized carbons (Fsp3) is 0.235. The maximum Gasteiger partial charge on any atom is 0.319 e. The van der Waals surface area contributed by atoms with Gasteiger partial charge in [-0.3, -0.25) is 0 Å². The third kappa shape index (κ3) is 4.53. The van der Waals surface area contributed by atoms with Gasteiger partial charge in [-0.2, -0.15) is 0 Å². The van der Waals surface area contributed by atoms with E-state index in [1.807, 2.05) is 31.2 Å². The third-order valence-electron chi connectivity index (χ3n) is 3.26. The van der Waals surface area contributed by atoms with Gasteiger partial charge in [0.2, 0.25) is 0 Å². The molecule has 0 saturated heterocycles. The van der Waals surface area contributed by atoms with E-state index in [9.17, 15) is 4.79 Å². The Labute approximate surface area is 140 Å².